The molecule has 0 fully saturated rings. The maximum absolute atomic E-state index is 13.0. The number of hydrogen-bond donors (Lipinski definition) is 1. The lowest BCUT2D eigenvalue weighted by molar-refractivity contribution is 0.102. The summed E-state index contributed by atoms with van der Waals surface area (Å²) in [5.74, 6) is -0.657. The molecule has 1 N–H and O–H groups in total. The zero-order chi connectivity index (χ0) is 20.4. The molecule has 0 unspecified atom stereocenters. The fourth-order valence-electron chi connectivity index (χ4n) is 2.74. The molecule has 0 bridgehead atoms. The number of aryl methyl sites for hydroxylation is 1. The molecule has 4 aromatic rings. The van der Waals surface area contributed by atoms with Gasteiger partial charge in [-0.15, -0.1) is 5.10 Å². The molecule has 9 nitrogen and oxygen atoms in total. The van der Waals surface area contributed by atoms with Crippen molar-refractivity contribution in [1.82, 2.24) is 33.5 Å². The zero-order valence-electron chi connectivity index (χ0n) is 15.7. The number of hydrogen-bond acceptors (Lipinski definition) is 7. The summed E-state index contributed by atoms with van der Waals surface area (Å²) in [7, 11) is 0. The number of nitrogens with one attached hydrogen (secondary N) is 1. The number of aromatic nitrogens is 7. The second-order valence-electron chi connectivity index (χ2n) is 6.48. The third-order valence-corrected chi connectivity index (χ3v) is 5.05. The lowest BCUT2D eigenvalue weighted by Crippen LogP contribution is -2.14. The molecule has 29 heavy (non-hydrogen) atoms. The molecule has 1 aromatic carbocycles. The minimum absolute atomic E-state index is 0.233. The molecule has 0 saturated heterocycles. The number of amides is 1. The van der Waals surface area contributed by atoms with E-state index < -0.39 is 0 Å². The van der Waals surface area contributed by atoms with Gasteiger partial charge in [0.2, 0.25) is 0 Å². The number of benzene rings is 1. The van der Waals surface area contributed by atoms with E-state index in [0.717, 1.165) is 28.7 Å². The van der Waals surface area contributed by atoms with Crippen LogP contribution in [0.4, 0.5) is 10.1 Å². The van der Waals surface area contributed by atoms with Gasteiger partial charge < -0.3 is 5.32 Å². The normalized spacial score (nSPS) is 11.0. The Morgan fingerprint density at radius 1 is 1.17 bits per heavy atom. The third-order valence-electron chi connectivity index (χ3n) is 4.39. The molecule has 0 aliphatic heterocycles. The highest BCUT2D eigenvalue weighted by atomic mass is 32.1. The van der Waals surface area contributed by atoms with E-state index >= 15 is 0 Å². The average Bonchev–Trinajstić information content (AvgIpc) is 3.40. The molecule has 3 aromatic heterocycles. The van der Waals surface area contributed by atoms with E-state index in [1.165, 1.54) is 12.1 Å². The summed E-state index contributed by atoms with van der Waals surface area (Å²) in [6.07, 6.45) is 3.25. The minimum atomic E-state index is -0.372. The Hall–Kier alpha value is -3.47. The standard InChI is InChI=1S/C18H17FN8OS/c1-11-16(24-29-23-11)10-27-12(2)17(22-25-27)18(28)21-15-7-20-26(9-15)8-13-3-5-14(19)6-4-13/h3-7,9H,8,10H2,1-2H3,(H,21,28). The highest BCUT2D eigenvalue weighted by molar-refractivity contribution is 6.99. The first-order chi connectivity index (χ1) is 14.0. The molecular formula is C18H17FN8OS. The van der Waals surface area contributed by atoms with Crippen LogP contribution in [-0.2, 0) is 13.1 Å². The molecule has 11 heteroatoms. The summed E-state index contributed by atoms with van der Waals surface area (Å²) in [6.45, 7) is 4.53. The Kier molecular flexibility index (Phi) is 5.12. The van der Waals surface area contributed by atoms with Crippen molar-refractivity contribution < 1.29 is 9.18 Å². The van der Waals surface area contributed by atoms with Gasteiger partial charge in [-0.2, -0.15) is 13.8 Å². The quantitative estimate of drug-likeness (QED) is 0.522. The number of nitrogens with zero attached hydrogens (tertiary/aromatic N) is 7. The van der Waals surface area contributed by atoms with Crippen molar-refractivity contribution in [1.29, 1.82) is 0 Å². The van der Waals surface area contributed by atoms with Crippen LogP contribution in [0.1, 0.15) is 33.1 Å². The second kappa shape index (κ2) is 7.87. The fraction of sp³-hybridized carbons (Fsp3) is 0.222. The number of rotatable bonds is 6. The van der Waals surface area contributed by atoms with E-state index in [1.807, 2.05) is 6.92 Å². The third kappa shape index (κ3) is 4.19. The van der Waals surface area contributed by atoms with Gasteiger partial charge >= 0.3 is 0 Å². The SMILES string of the molecule is Cc1nsnc1Cn1nnc(C(=O)Nc2cnn(Cc3ccc(F)cc3)c2)c1C. The van der Waals surface area contributed by atoms with E-state index in [1.54, 1.807) is 40.8 Å². The maximum Gasteiger partial charge on any atom is 0.278 e. The van der Waals surface area contributed by atoms with Gasteiger partial charge in [-0.05, 0) is 31.5 Å². The molecule has 4 rings (SSSR count). The van der Waals surface area contributed by atoms with Crippen LogP contribution in [-0.4, -0.2) is 39.4 Å². The Labute approximate surface area is 169 Å². The van der Waals surface area contributed by atoms with Crippen LogP contribution >= 0.6 is 11.7 Å². The Morgan fingerprint density at radius 2 is 1.97 bits per heavy atom. The summed E-state index contributed by atoms with van der Waals surface area (Å²) in [6, 6.07) is 6.18. The van der Waals surface area contributed by atoms with Crippen molar-refractivity contribution >= 4 is 23.3 Å². The van der Waals surface area contributed by atoms with Crippen molar-refractivity contribution in [3.05, 3.63) is 70.8 Å². The van der Waals surface area contributed by atoms with Gasteiger partial charge in [0.05, 0.1) is 53.8 Å². The maximum atomic E-state index is 13.0. The van der Waals surface area contributed by atoms with Crippen LogP contribution in [0.15, 0.2) is 36.7 Å². The van der Waals surface area contributed by atoms with Crippen molar-refractivity contribution in [2.75, 3.05) is 5.32 Å². The van der Waals surface area contributed by atoms with Crippen LogP contribution < -0.4 is 5.32 Å². The summed E-state index contributed by atoms with van der Waals surface area (Å²) < 4.78 is 24.6. The topological polar surface area (TPSA) is 103 Å². The van der Waals surface area contributed by atoms with Gasteiger partial charge in [0.25, 0.3) is 5.91 Å². The predicted molar refractivity (Wildman–Crippen MR) is 104 cm³/mol. The first-order valence-electron chi connectivity index (χ1n) is 8.76. The predicted octanol–water partition coefficient (Wildman–Crippen LogP) is 2.43. The van der Waals surface area contributed by atoms with Crippen molar-refractivity contribution in [3.8, 4) is 0 Å². The molecule has 0 saturated carbocycles. The summed E-state index contributed by atoms with van der Waals surface area (Å²) in [5.41, 5.74) is 3.94. The summed E-state index contributed by atoms with van der Waals surface area (Å²) >= 11 is 1.14. The lowest BCUT2D eigenvalue weighted by Gasteiger charge is -2.03. The highest BCUT2D eigenvalue weighted by Crippen LogP contribution is 2.13. The van der Waals surface area contributed by atoms with Gasteiger partial charge in [0.1, 0.15) is 5.82 Å². The summed E-state index contributed by atoms with van der Waals surface area (Å²) in [5, 5.41) is 15.0. The molecule has 0 radical (unpaired) electrons. The minimum Gasteiger partial charge on any atom is -0.318 e. The van der Waals surface area contributed by atoms with E-state index in [9.17, 15) is 9.18 Å². The monoisotopic (exact) mass is 412 g/mol. The molecular weight excluding hydrogens is 395 g/mol. The van der Waals surface area contributed by atoms with Crippen LogP contribution in [0.3, 0.4) is 0 Å². The van der Waals surface area contributed by atoms with Gasteiger partial charge in [-0.1, -0.05) is 17.3 Å². The molecule has 1 amide bonds. The van der Waals surface area contributed by atoms with Crippen molar-refractivity contribution in [3.63, 3.8) is 0 Å². The Bertz CT molecular complexity index is 1150. The average molecular weight is 412 g/mol. The molecule has 0 spiro atoms. The second-order valence-corrected chi connectivity index (χ2v) is 7.01. The molecule has 3 heterocycles. The highest BCUT2D eigenvalue weighted by Gasteiger charge is 2.18. The first-order valence-corrected chi connectivity index (χ1v) is 9.49. The van der Waals surface area contributed by atoms with Crippen molar-refractivity contribution in [2.24, 2.45) is 0 Å². The van der Waals surface area contributed by atoms with Crippen LogP contribution in [0.5, 0.6) is 0 Å². The Morgan fingerprint density at radius 3 is 2.69 bits per heavy atom. The lowest BCUT2D eigenvalue weighted by atomic mass is 10.2. The first kappa shape index (κ1) is 18.9. The van der Waals surface area contributed by atoms with Gasteiger partial charge in [0, 0.05) is 6.20 Å². The van der Waals surface area contributed by atoms with Crippen LogP contribution in [0.2, 0.25) is 0 Å². The smallest absolute Gasteiger partial charge is 0.278 e. The van der Waals surface area contributed by atoms with Gasteiger partial charge in [-0.25, -0.2) is 9.07 Å². The van der Waals surface area contributed by atoms with Crippen molar-refractivity contribution in [2.45, 2.75) is 26.9 Å². The zero-order valence-corrected chi connectivity index (χ0v) is 16.5. The Balaban J connectivity index is 1.43. The van der Waals surface area contributed by atoms with E-state index in [4.69, 9.17) is 0 Å². The number of anilines is 1. The number of carbonyl (C=O) groups is 1. The molecule has 0 aliphatic carbocycles. The van der Waals surface area contributed by atoms with Crippen LogP contribution in [0, 0.1) is 19.7 Å². The van der Waals surface area contributed by atoms with E-state index in [-0.39, 0.29) is 17.4 Å². The van der Waals surface area contributed by atoms with E-state index in [2.05, 4.69) is 29.5 Å². The molecule has 0 aliphatic rings. The van der Waals surface area contributed by atoms with Gasteiger partial charge in [-0.3, -0.25) is 9.48 Å². The van der Waals surface area contributed by atoms with Gasteiger partial charge in [0.15, 0.2) is 5.69 Å². The fourth-order valence-corrected chi connectivity index (χ4v) is 3.29. The van der Waals surface area contributed by atoms with E-state index in [0.29, 0.717) is 24.5 Å². The summed E-state index contributed by atoms with van der Waals surface area (Å²) in [4.78, 5) is 12.6. The number of carbonyl (C=O) groups excluding carboxylic acids is 1. The van der Waals surface area contributed by atoms with Crippen LogP contribution in [0.25, 0.3) is 0 Å². The largest absolute Gasteiger partial charge is 0.318 e. The molecule has 148 valence electrons. The molecule has 0 atom stereocenters. The number of halogens is 1.